The summed E-state index contributed by atoms with van der Waals surface area (Å²) in [5, 5.41) is -0.660. The van der Waals surface area contributed by atoms with Crippen molar-refractivity contribution in [1.82, 2.24) is 0 Å². The summed E-state index contributed by atoms with van der Waals surface area (Å²) in [4.78, 5) is -0.732. The van der Waals surface area contributed by atoms with Crippen molar-refractivity contribution in [3.05, 3.63) is 29.0 Å². The Hall–Kier alpha value is -0.650. The molecule has 0 bridgehead atoms. The average molecular weight is 210 g/mol. The van der Waals surface area contributed by atoms with E-state index in [1.54, 1.807) is 0 Å². The minimum absolute atomic E-state index is 0.660. The normalized spacial score (nSPS) is 11.6. The first-order valence-corrected chi connectivity index (χ1v) is 4.61. The molecule has 0 spiro atoms. The van der Waals surface area contributed by atoms with Crippen LogP contribution in [0.2, 0.25) is 5.02 Å². The van der Waals surface area contributed by atoms with E-state index in [2.05, 4.69) is 0 Å². The molecular formula is C6H3ClFO3S. The number of rotatable bonds is 1. The molecule has 0 aliphatic rings. The van der Waals surface area contributed by atoms with E-state index in [0.717, 1.165) is 18.2 Å². The first-order valence-electron chi connectivity index (χ1n) is 2.83. The monoisotopic (exact) mass is 209 g/mol. The second-order valence-corrected chi connectivity index (χ2v) is 3.73. The Morgan fingerprint density at radius 2 is 1.92 bits per heavy atom. The molecular weight excluding hydrogens is 207 g/mol. The third-order valence-corrected chi connectivity index (χ3v) is 2.56. The molecule has 0 aliphatic heterocycles. The Kier molecular flexibility index (Phi) is 2.36. The van der Waals surface area contributed by atoms with Crippen molar-refractivity contribution >= 4 is 21.7 Å². The van der Waals surface area contributed by atoms with Crippen LogP contribution in [0.25, 0.3) is 0 Å². The number of hydrogen-bond acceptors (Lipinski definition) is 2. The number of benzene rings is 1. The second kappa shape index (κ2) is 3.01. The van der Waals surface area contributed by atoms with Gasteiger partial charge in [-0.1, -0.05) is 22.2 Å². The highest BCUT2D eigenvalue weighted by Crippen LogP contribution is 2.23. The fourth-order valence-corrected chi connectivity index (χ4v) is 1.65. The molecule has 1 aromatic carbocycles. The fraction of sp³-hybridized carbons (Fsp3) is 0. The zero-order valence-corrected chi connectivity index (χ0v) is 7.19. The summed E-state index contributed by atoms with van der Waals surface area (Å²) < 4.78 is 43.8. The van der Waals surface area contributed by atoms with Crippen molar-refractivity contribution < 1.29 is 17.4 Å². The maximum Gasteiger partial charge on any atom is 0.325 e. The summed E-state index contributed by atoms with van der Waals surface area (Å²) in [6.07, 6.45) is 0. The molecule has 6 heteroatoms. The lowest BCUT2D eigenvalue weighted by atomic mass is 10.3. The topological polar surface area (TPSA) is 54.0 Å². The lowest BCUT2D eigenvalue weighted by molar-refractivity contribution is 0.413. The minimum Gasteiger partial charge on any atom is -0.205 e. The van der Waals surface area contributed by atoms with E-state index in [0.29, 0.717) is 0 Å². The van der Waals surface area contributed by atoms with Gasteiger partial charge in [-0.25, -0.2) is 4.39 Å². The average Bonchev–Trinajstić information content (AvgIpc) is 1.92. The fourth-order valence-electron chi connectivity index (χ4n) is 0.677. The summed E-state index contributed by atoms with van der Waals surface area (Å²) in [6, 6.07) is 3.02. The lowest BCUT2D eigenvalue weighted by Crippen LogP contribution is -1.98. The molecule has 65 valence electrons. The van der Waals surface area contributed by atoms with Crippen LogP contribution in [0.15, 0.2) is 23.1 Å². The summed E-state index contributed by atoms with van der Waals surface area (Å²) >= 11 is 5.22. The standard InChI is InChI=1S/C6H3ClFO3S/c7-6-4(8)2-1-3-5(6)12(9,10)11/h1-3H. The number of hydrogen-bond donors (Lipinski definition) is 0. The molecule has 0 fully saturated rings. The van der Waals surface area contributed by atoms with E-state index >= 15 is 0 Å². The van der Waals surface area contributed by atoms with E-state index < -0.39 is 25.9 Å². The van der Waals surface area contributed by atoms with Crippen LogP contribution in [0.5, 0.6) is 0 Å². The third kappa shape index (κ3) is 1.74. The Balaban J connectivity index is 3.47. The highest BCUT2D eigenvalue weighted by Gasteiger charge is 2.18. The summed E-state index contributed by atoms with van der Waals surface area (Å²) in [5.74, 6) is -0.923. The molecule has 0 unspecified atom stereocenters. The quantitative estimate of drug-likeness (QED) is 0.706. The van der Waals surface area contributed by atoms with Crippen LogP contribution in [0.3, 0.4) is 0 Å². The van der Waals surface area contributed by atoms with Crippen molar-refractivity contribution in [3.63, 3.8) is 0 Å². The molecule has 1 aromatic rings. The van der Waals surface area contributed by atoms with Gasteiger partial charge in [-0.2, -0.15) is 8.42 Å². The van der Waals surface area contributed by atoms with Crippen LogP contribution >= 0.6 is 11.6 Å². The van der Waals surface area contributed by atoms with Gasteiger partial charge in [0.05, 0.1) is 5.02 Å². The van der Waals surface area contributed by atoms with Crippen molar-refractivity contribution in [2.24, 2.45) is 0 Å². The Morgan fingerprint density at radius 1 is 1.33 bits per heavy atom. The zero-order chi connectivity index (χ0) is 9.35. The molecule has 0 saturated carbocycles. The van der Waals surface area contributed by atoms with Crippen LogP contribution in [0.1, 0.15) is 0 Å². The van der Waals surface area contributed by atoms with Crippen LogP contribution in [0.4, 0.5) is 4.39 Å². The van der Waals surface area contributed by atoms with Crippen LogP contribution in [0, 0.1) is 5.82 Å². The molecule has 1 rings (SSSR count). The highest BCUT2D eigenvalue weighted by atomic mass is 35.5. The molecule has 0 amide bonds. The molecule has 12 heavy (non-hydrogen) atoms. The molecule has 1 radical (unpaired) electrons. The van der Waals surface area contributed by atoms with Crippen LogP contribution in [-0.4, -0.2) is 8.42 Å². The molecule has 0 heterocycles. The van der Waals surface area contributed by atoms with Gasteiger partial charge in [-0.05, 0) is 12.1 Å². The van der Waals surface area contributed by atoms with E-state index in [1.807, 2.05) is 0 Å². The van der Waals surface area contributed by atoms with Gasteiger partial charge in [-0.3, -0.25) is 0 Å². The molecule has 0 aromatic heterocycles. The van der Waals surface area contributed by atoms with Crippen LogP contribution < -0.4 is 0 Å². The predicted octanol–water partition coefficient (Wildman–Crippen LogP) is 1.60. The van der Waals surface area contributed by atoms with E-state index in [9.17, 15) is 17.4 Å². The molecule has 0 N–H and O–H groups in total. The molecule has 0 atom stereocenters. The first-order chi connectivity index (χ1) is 5.43. The molecule has 3 nitrogen and oxygen atoms in total. The third-order valence-electron chi connectivity index (χ3n) is 1.19. The predicted molar refractivity (Wildman–Crippen MR) is 39.3 cm³/mol. The van der Waals surface area contributed by atoms with Gasteiger partial charge in [0.15, 0.2) is 0 Å². The van der Waals surface area contributed by atoms with Gasteiger partial charge in [0.25, 0.3) is 0 Å². The largest absolute Gasteiger partial charge is 0.325 e. The Bertz CT molecular complexity index is 401. The first kappa shape index (κ1) is 9.44. The second-order valence-electron chi connectivity index (χ2n) is 2.01. The van der Waals surface area contributed by atoms with Gasteiger partial charge in [0.2, 0.25) is 0 Å². The van der Waals surface area contributed by atoms with Crippen molar-refractivity contribution in [1.29, 1.82) is 0 Å². The summed E-state index contributed by atoms with van der Waals surface area (Å²) in [6.45, 7) is 0. The molecule has 0 aliphatic carbocycles. The van der Waals surface area contributed by atoms with Crippen molar-refractivity contribution in [2.45, 2.75) is 4.90 Å². The SMILES string of the molecule is [O]S(=O)(=O)c1cccc(F)c1Cl. The van der Waals surface area contributed by atoms with E-state index in [1.165, 1.54) is 0 Å². The summed E-state index contributed by atoms with van der Waals surface area (Å²) in [7, 11) is -4.68. The Morgan fingerprint density at radius 3 is 2.33 bits per heavy atom. The van der Waals surface area contributed by atoms with Gasteiger partial charge in [-0.15, -0.1) is 0 Å². The minimum atomic E-state index is -4.68. The number of halogens is 2. The smallest absolute Gasteiger partial charge is 0.205 e. The maximum absolute atomic E-state index is 12.6. The highest BCUT2D eigenvalue weighted by molar-refractivity contribution is 7.85. The van der Waals surface area contributed by atoms with Gasteiger partial charge in [0.1, 0.15) is 10.7 Å². The Labute approximate surface area is 73.5 Å². The summed E-state index contributed by atoms with van der Waals surface area (Å²) in [5.41, 5.74) is 0. The van der Waals surface area contributed by atoms with E-state index in [-0.39, 0.29) is 0 Å². The van der Waals surface area contributed by atoms with Gasteiger partial charge >= 0.3 is 10.1 Å². The lowest BCUT2D eigenvalue weighted by Gasteiger charge is -1.98. The van der Waals surface area contributed by atoms with Crippen molar-refractivity contribution in [3.8, 4) is 0 Å². The van der Waals surface area contributed by atoms with Gasteiger partial charge in [0, 0.05) is 0 Å². The van der Waals surface area contributed by atoms with Crippen LogP contribution in [-0.2, 0) is 14.7 Å². The van der Waals surface area contributed by atoms with E-state index in [4.69, 9.17) is 11.6 Å². The molecule has 0 saturated heterocycles. The maximum atomic E-state index is 12.6. The van der Waals surface area contributed by atoms with Gasteiger partial charge < -0.3 is 0 Å². The zero-order valence-electron chi connectivity index (χ0n) is 5.62. The van der Waals surface area contributed by atoms with Crippen molar-refractivity contribution in [2.75, 3.05) is 0 Å².